The van der Waals surface area contributed by atoms with E-state index in [4.69, 9.17) is 12.2 Å². The number of benzene rings is 1. The molecule has 0 saturated carbocycles. The maximum absolute atomic E-state index is 11.7. The molecule has 2 aliphatic rings. The van der Waals surface area contributed by atoms with Crippen molar-refractivity contribution in [3.63, 3.8) is 0 Å². The van der Waals surface area contributed by atoms with Gasteiger partial charge in [0.2, 0.25) is 0 Å². The van der Waals surface area contributed by atoms with Crippen LogP contribution in [0.3, 0.4) is 0 Å². The van der Waals surface area contributed by atoms with Crippen molar-refractivity contribution in [3.05, 3.63) is 53.4 Å². The minimum absolute atomic E-state index is 0.0992. The zero-order valence-electron chi connectivity index (χ0n) is 12.2. The first-order valence-corrected chi connectivity index (χ1v) is 7.20. The Morgan fingerprint density at radius 1 is 1.19 bits per heavy atom. The molecule has 0 bridgehead atoms. The lowest BCUT2D eigenvalue weighted by molar-refractivity contribution is -0.115. The van der Waals surface area contributed by atoms with Gasteiger partial charge in [-0.1, -0.05) is 32.0 Å². The molecule has 2 aliphatic heterocycles. The van der Waals surface area contributed by atoms with Gasteiger partial charge in [-0.15, -0.1) is 0 Å². The van der Waals surface area contributed by atoms with Crippen LogP contribution in [0.2, 0.25) is 0 Å². The van der Waals surface area contributed by atoms with Gasteiger partial charge in [0.15, 0.2) is 5.11 Å². The number of carbonyl (C=O) groups is 1. The predicted octanol–water partition coefficient (Wildman–Crippen LogP) is 2.19. The van der Waals surface area contributed by atoms with Gasteiger partial charge in [-0.05, 0) is 36.0 Å². The van der Waals surface area contributed by atoms with Crippen LogP contribution in [0.1, 0.15) is 19.4 Å². The Kier molecular flexibility index (Phi) is 3.10. The van der Waals surface area contributed by atoms with Crippen LogP contribution < -0.4 is 15.5 Å². The summed E-state index contributed by atoms with van der Waals surface area (Å²) in [6.45, 7) is 4.37. The molecule has 2 heterocycles. The van der Waals surface area contributed by atoms with Gasteiger partial charge in [-0.25, -0.2) is 0 Å². The van der Waals surface area contributed by atoms with Gasteiger partial charge in [-0.3, -0.25) is 10.1 Å². The number of hydrogen-bond acceptors (Lipinski definition) is 3. The quantitative estimate of drug-likeness (QED) is 0.616. The Bertz CT molecular complexity index is 703. The van der Waals surface area contributed by atoms with Crippen LogP contribution in [0, 0.1) is 0 Å². The van der Waals surface area contributed by atoms with Crippen molar-refractivity contribution in [1.82, 2.24) is 10.6 Å². The fourth-order valence-corrected chi connectivity index (χ4v) is 3.16. The van der Waals surface area contributed by atoms with E-state index in [9.17, 15) is 4.79 Å². The fraction of sp³-hybridized carbons (Fsp3) is 0.250. The third kappa shape index (κ3) is 2.14. The van der Waals surface area contributed by atoms with Crippen molar-refractivity contribution in [2.45, 2.75) is 19.3 Å². The number of nitrogens with one attached hydrogen (secondary N) is 2. The monoisotopic (exact) mass is 299 g/mol. The molecule has 5 heteroatoms. The van der Waals surface area contributed by atoms with Gasteiger partial charge in [0, 0.05) is 23.8 Å². The second-order valence-electron chi connectivity index (χ2n) is 5.74. The summed E-state index contributed by atoms with van der Waals surface area (Å²) < 4.78 is 0. The molecule has 0 radical (unpaired) electrons. The smallest absolute Gasteiger partial charge is 0.273 e. The van der Waals surface area contributed by atoms with Gasteiger partial charge in [0.25, 0.3) is 5.91 Å². The maximum Gasteiger partial charge on any atom is 0.273 e. The lowest BCUT2D eigenvalue weighted by atomic mass is 9.84. The highest BCUT2D eigenvalue weighted by atomic mass is 32.1. The van der Waals surface area contributed by atoms with Crippen LogP contribution in [0.25, 0.3) is 0 Å². The molecule has 0 atom stereocenters. The molecule has 1 amide bonds. The van der Waals surface area contributed by atoms with E-state index < -0.39 is 0 Å². The topological polar surface area (TPSA) is 44.4 Å². The first kappa shape index (κ1) is 13.8. The molecule has 1 fully saturated rings. The second-order valence-corrected chi connectivity index (χ2v) is 6.15. The molecular weight excluding hydrogens is 282 g/mol. The number of anilines is 1. The van der Waals surface area contributed by atoms with Gasteiger partial charge >= 0.3 is 0 Å². The van der Waals surface area contributed by atoms with E-state index in [1.165, 1.54) is 11.3 Å². The summed E-state index contributed by atoms with van der Waals surface area (Å²) in [6.07, 6.45) is 3.77. The zero-order valence-corrected chi connectivity index (χ0v) is 13.0. The molecule has 1 aromatic carbocycles. The SMILES string of the molecule is CN1/C(=C\C=C2\NC(=S)NC2=O)C(C)(C)c2ccccc21. The third-order valence-corrected chi connectivity index (χ3v) is 4.27. The molecule has 108 valence electrons. The predicted molar refractivity (Wildman–Crippen MR) is 87.9 cm³/mol. The number of allylic oxidation sites excluding steroid dienone is 3. The normalized spacial score (nSPS) is 23.5. The summed E-state index contributed by atoms with van der Waals surface area (Å²) in [5, 5.41) is 5.77. The molecule has 1 aromatic rings. The molecule has 1 saturated heterocycles. The van der Waals surface area contributed by atoms with Crippen molar-refractivity contribution in [1.29, 1.82) is 0 Å². The average Bonchev–Trinajstić information content (AvgIpc) is 2.85. The molecule has 0 unspecified atom stereocenters. The molecule has 21 heavy (non-hydrogen) atoms. The average molecular weight is 299 g/mol. The Hall–Kier alpha value is -2.14. The Labute approximate surface area is 129 Å². The molecule has 3 rings (SSSR count). The minimum Gasteiger partial charge on any atom is -0.347 e. The van der Waals surface area contributed by atoms with E-state index in [-0.39, 0.29) is 11.3 Å². The summed E-state index contributed by atoms with van der Waals surface area (Å²) in [6, 6.07) is 8.35. The number of nitrogens with zero attached hydrogens (tertiary/aromatic N) is 1. The Morgan fingerprint density at radius 2 is 1.90 bits per heavy atom. The summed E-state index contributed by atoms with van der Waals surface area (Å²) in [4.78, 5) is 13.8. The summed E-state index contributed by atoms with van der Waals surface area (Å²) in [5.74, 6) is -0.187. The van der Waals surface area contributed by atoms with Crippen LogP contribution in [0.4, 0.5) is 5.69 Å². The van der Waals surface area contributed by atoms with E-state index in [1.807, 2.05) is 19.2 Å². The molecular formula is C16H17N3OS. The van der Waals surface area contributed by atoms with Crippen molar-refractivity contribution >= 4 is 28.9 Å². The van der Waals surface area contributed by atoms with E-state index in [1.54, 1.807) is 6.08 Å². The first-order chi connectivity index (χ1) is 9.91. The van der Waals surface area contributed by atoms with Crippen molar-refractivity contribution in [2.75, 3.05) is 11.9 Å². The number of hydrogen-bond donors (Lipinski definition) is 2. The van der Waals surface area contributed by atoms with Crippen LogP contribution in [-0.2, 0) is 10.2 Å². The van der Waals surface area contributed by atoms with Crippen LogP contribution in [-0.4, -0.2) is 18.1 Å². The van der Waals surface area contributed by atoms with E-state index in [0.29, 0.717) is 10.8 Å². The van der Waals surface area contributed by atoms with Crippen molar-refractivity contribution in [3.8, 4) is 0 Å². The minimum atomic E-state index is -0.187. The van der Waals surface area contributed by atoms with Crippen molar-refractivity contribution in [2.24, 2.45) is 0 Å². The summed E-state index contributed by atoms with van der Waals surface area (Å²) >= 11 is 4.93. The number of rotatable bonds is 1. The molecule has 2 N–H and O–H groups in total. The molecule has 4 nitrogen and oxygen atoms in total. The van der Waals surface area contributed by atoms with Crippen molar-refractivity contribution < 1.29 is 4.79 Å². The number of amides is 1. The van der Waals surface area contributed by atoms with Crippen LogP contribution >= 0.6 is 12.2 Å². The number of carbonyl (C=O) groups excluding carboxylic acids is 1. The number of para-hydroxylation sites is 1. The highest BCUT2D eigenvalue weighted by molar-refractivity contribution is 7.80. The first-order valence-electron chi connectivity index (χ1n) is 6.79. The van der Waals surface area contributed by atoms with Gasteiger partial charge in [-0.2, -0.15) is 0 Å². The number of thiocarbonyl (C=S) groups is 1. The summed E-state index contributed by atoms with van der Waals surface area (Å²) in [5.41, 5.74) is 4.01. The van der Waals surface area contributed by atoms with Crippen LogP contribution in [0.5, 0.6) is 0 Å². The second kappa shape index (κ2) is 4.70. The number of fused-ring (bicyclic) bond motifs is 1. The molecule has 0 aromatic heterocycles. The standard InChI is InChI=1S/C16H17N3OS/c1-16(2)10-6-4-5-7-12(10)19(3)13(16)9-8-11-14(20)18-15(21)17-11/h4-9H,1-3H3,(H2,17,18,20,21)/b11-8+,13-9-. The van der Waals surface area contributed by atoms with Gasteiger partial charge < -0.3 is 10.2 Å². The van der Waals surface area contributed by atoms with Crippen LogP contribution in [0.15, 0.2) is 47.8 Å². The molecule has 0 aliphatic carbocycles. The summed E-state index contributed by atoms with van der Waals surface area (Å²) in [7, 11) is 2.05. The van der Waals surface area contributed by atoms with E-state index in [2.05, 4.69) is 47.6 Å². The lowest BCUT2D eigenvalue weighted by Gasteiger charge is -2.23. The fourth-order valence-electron chi connectivity index (χ4n) is 2.96. The zero-order chi connectivity index (χ0) is 15.2. The molecule has 0 spiro atoms. The largest absolute Gasteiger partial charge is 0.347 e. The van der Waals surface area contributed by atoms with E-state index >= 15 is 0 Å². The Morgan fingerprint density at radius 3 is 2.52 bits per heavy atom. The van der Waals surface area contributed by atoms with E-state index in [0.717, 1.165) is 5.70 Å². The highest BCUT2D eigenvalue weighted by Gasteiger charge is 2.37. The lowest BCUT2D eigenvalue weighted by Crippen LogP contribution is -2.22. The highest BCUT2D eigenvalue weighted by Crippen LogP contribution is 2.46. The Balaban J connectivity index is 2.01. The maximum atomic E-state index is 11.7. The third-order valence-electron chi connectivity index (χ3n) is 4.07. The van der Waals surface area contributed by atoms with Gasteiger partial charge in [0.05, 0.1) is 0 Å². The number of likely N-dealkylation sites (N-methyl/N-ethyl adjacent to an activating group) is 1. The van der Waals surface area contributed by atoms with Gasteiger partial charge in [0.1, 0.15) is 5.70 Å².